The van der Waals surface area contributed by atoms with Crippen LogP contribution in [0.25, 0.3) is 0 Å². The van der Waals surface area contributed by atoms with E-state index in [9.17, 15) is 0 Å². The summed E-state index contributed by atoms with van der Waals surface area (Å²) in [5.74, 6) is 0. The molecule has 6 heteroatoms. The summed E-state index contributed by atoms with van der Waals surface area (Å²) in [7, 11) is 2.10. The summed E-state index contributed by atoms with van der Waals surface area (Å²) in [5, 5.41) is 9.22. The summed E-state index contributed by atoms with van der Waals surface area (Å²) in [4.78, 5) is 2.26. The van der Waals surface area contributed by atoms with Crippen molar-refractivity contribution < 1.29 is 0 Å². The SMILES string of the molecule is CCn1ncc(CN(C)CCn2cc(Cl)cn2)c1C. The molecule has 0 atom stereocenters. The van der Waals surface area contributed by atoms with Crippen molar-refractivity contribution in [1.82, 2.24) is 24.5 Å². The summed E-state index contributed by atoms with van der Waals surface area (Å²) >= 11 is 5.84. The van der Waals surface area contributed by atoms with Crippen molar-refractivity contribution in [3.63, 3.8) is 0 Å². The molecule has 0 spiro atoms. The van der Waals surface area contributed by atoms with Gasteiger partial charge in [-0.2, -0.15) is 10.2 Å². The van der Waals surface area contributed by atoms with E-state index in [0.717, 1.165) is 26.2 Å². The lowest BCUT2D eigenvalue weighted by atomic mass is 10.2. The molecule has 19 heavy (non-hydrogen) atoms. The second kappa shape index (κ2) is 6.21. The number of halogens is 1. The van der Waals surface area contributed by atoms with Gasteiger partial charge in [-0.05, 0) is 20.9 Å². The van der Waals surface area contributed by atoms with Gasteiger partial charge >= 0.3 is 0 Å². The Morgan fingerprint density at radius 1 is 1.32 bits per heavy atom. The molecule has 2 aromatic heterocycles. The van der Waals surface area contributed by atoms with Crippen molar-refractivity contribution in [3.05, 3.63) is 34.9 Å². The highest BCUT2D eigenvalue weighted by Gasteiger charge is 2.08. The zero-order valence-electron chi connectivity index (χ0n) is 11.7. The molecule has 0 unspecified atom stereocenters. The molecule has 0 aliphatic carbocycles. The van der Waals surface area contributed by atoms with Crippen LogP contribution in [0, 0.1) is 6.92 Å². The minimum Gasteiger partial charge on any atom is -0.300 e. The number of rotatable bonds is 6. The zero-order chi connectivity index (χ0) is 13.8. The number of aryl methyl sites for hydroxylation is 1. The number of likely N-dealkylation sites (N-methyl/N-ethyl adjacent to an activating group) is 1. The summed E-state index contributed by atoms with van der Waals surface area (Å²) < 4.78 is 3.89. The fraction of sp³-hybridized carbons (Fsp3) is 0.538. The Morgan fingerprint density at radius 2 is 2.11 bits per heavy atom. The zero-order valence-corrected chi connectivity index (χ0v) is 12.4. The van der Waals surface area contributed by atoms with Gasteiger partial charge in [-0.1, -0.05) is 11.6 Å². The van der Waals surface area contributed by atoms with E-state index in [1.165, 1.54) is 11.3 Å². The molecule has 0 amide bonds. The highest BCUT2D eigenvalue weighted by atomic mass is 35.5. The van der Waals surface area contributed by atoms with Gasteiger partial charge in [-0.3, -0.25) is 9.36 Å². The Morgan fingerprint density at radius 3 is 2.68 bits per heavy atom. The van der Waals surface area contributed by atoms with Crippen LogP contribution >= 0.6 is 11.6 Å². The molecular weight excluding hydrogens is 262 g/mol. The summed E-state index contributed by atoms with van der Waals surface area (Å²) in [6.45, 7) is 7.81. The summed E-state index contributed by atoms with van der Waals surface area (Å²) in [5.41, 5.74) is 2.53. The summed E-state index contributed by atoms with van der Waals surface area (Å²) in [6.07, 6.45) is 5.47. The van der Waals surface area contributed by atoms with E-state index < -0.39 is 0 Å². The van der Waals surface area contributed by atoms with Gasteiger partial charge in [0.25, 0.3) is 0 Å². The smallest absolute Gasteiger partial charge is 0.0785 e. The molecule has 2 aromatic rings. The number of aromatic nitrogens is 4. The fourth-order valence-electron chi connectivity index (χ4n) is 2.06. The molecule has 104 valence electrons. The molecule has 0 N–H and O–H groups in total. The normalized spacial score (nSPS) is 11.4. The van der Waals surface area contributed by atoms with Crippen LogP contribution in [0.4, 0.5) is 0 Å². The van der Waals surface area contributed by atoms with Gasteiger partial charge in [0, 0.05) is 37.1 Å². The maximum Gasteiger partial charge on any atom is 0.0785 e. The quantitative estimate of drug-likeness (QED) is 0.815. The van der Waals surface area contributed by atoms with Crippen LogP contribution in [0.1, 0.15) is 18.2 Å². The third-order valence-corrected chi connectivity index (χ3v) is 3.45. The van der Waals surface area contributed by atoms with Gasteiger partial charge in [0.2, 0.25) is 0 Å². The Kier molecular flexibility index (Phi) is 4.61. The predicted octanol–water partition coefficient (Wildman–Crippen LogP) is 2.19. The molecule has 0 aliphatic rings. The first kappa shape index (κ1) is 14.1. The van der Waals surface area contributed by atoms with Crippen LogP contribution in [0.3, 0.4) is 0 Å². The van der Waals surface area contributed by atoms with Crippen LogP contribution in [0.15, 0.2) is 18.6 Å². The molecule has 0 fully saturated rings. The maximum absolute atomic E-state index is 5.84. The van der Waals surface area contributed by atoms with E-state index in [0.29, 0.717) is 5.02 Å². The Bertz CT molecular complexity index is 531. The summed E-state index contributed by atoms with van der Waals surface area (Å²) in [6, 6.07) is 0. The molecule has 0 saturated carbocycles. The van der Waals surface area contributed by atoms with Crippen molar-refractivity contribution in [1.29, 1.82) is 0 Å². The minimum atomic E-state index is 0.683. The third kappa shape index (κ3) is 3.58. The van der Waals surface area contributed by atoms with Crippen LogP contribution in [-0.4, -0.2) is 38.1 Å². The molecule has 0 aromatic carbocycles. The van der Waals surface area contributed by atoms with Crippen LogP contribution < -0.4 is 0 Å². The topological polar surface area (TPSA) is 38.9 Å². The molecule has 0 aliphatic heterocycles. The van der Waals surface area contributed by atoms with Crippen molar-refractivity contribution in [2.75, 3.05) is 13.6 Å². The minimum absolute atomic E-state index is 0.683. The van der Waals surface area contributed by atoms with Crippen molar-refractivity contribution >= 4 is 11.6 Å². The van der Waals surface area contributed by atoms with Gasteiger partial charge in [-0.15, -0.1) is 0 Å². The second-order valence-electron chi connectivity index (χ2n) is 4.73. The maximum atomic E-state index is 5.84. The van der Waals surface area contributed by atoms with Gasteiger partial charge in [0.05, 0.1) is 24.0 Å². The average molecular weight is 282 g/mol. The van der Waals surface area contributed by atoms with Crippen LogP contribution in [0.2, 0.25) is 5.02 Å². The molecular formula is C13H20ClN5. The molecule has 2 heterocycles. The molecule has 5 nitrogen and oxygen atoms in total. The first-order chi connectivity index (χ1) is 9.10. The number of hydrogen-bond acceptors (Lipinski definition) is 3. The third-order valence-electron chi connectivity index (χ3n) is 3.26. The number of nitrogens with zero attached hydrogens (tertiary/aromatic N) is 5. The van der Waals surface area contributed by atoms with Crippen LogP contribution in [-0.2, 0) is 19.6 Å². The first-order valence-corrected chi connectivity index (χ1v) is 6.85. The molecule has 0 radical (unpaired) electrons. The Hall–Kier alpha value is -1.33. The van der Waals surface area contributed by atoms with Crippen LogP contribution in [0.5, 0.6) is 0 Å². The lowest BCUT2D eigenvalue weighted by Gasteiger charge is -2.16. The highest BCUT2D eigenvalue weighted by Crippen LogP contribution is 2.10. The van der Waals surface area contributed by atoms with Crippen molar-refractivity contribution in [2.24, 2.45) is 0 Å². The Labute approximate surface area is 118 Å². The van der Waals surface area contributed by atoms with E-state index in [2.05, 4.69) is 36.0 Å². The first-order valence-electron chi connectivity index (χ1n) is 6.48. The van der Waals surface area contributed by atoms with E-state index in [1.54, 1.807) is 6.20 Å². The lowest BCUT2D eigenvalue weighted by Crippen LogP contribution is -2.23. The average Bonchev–Trinajstić information content (AvgIpc) is 2.95. The van der Waals surface area contributed by atoms with E-state index in [-0.39, 0.29) is 0 Å². The Balaban J connectivity index is 1.86. The van der Waals surface area contributed by atoms with Gasteiger partial charge in [0.1, 0.15) is 0 Å². The molecule has 0 bridgehead atoms. The molecule has 0 saturated heterocycles. The highest BCUT2D eigenvalue weighted by molar-refractivity contribution is 6.30. The van der Waals surface area contributed by atoms with Crippen molar-refractivity contribution in [2.45, 2.75) is 33.5 Å². The fourth-order valence-corrected chi connectivity index (χ4v) is 2.22. The lowest BCUT2D eigenvalue weighted by molar-refractivity contribution is 0.304. The van der Waals surface area contributed by atoms with E-state index in [1.807, 2.05) is 21.8 Å². The van der Waals surface area contributed by atoms with Gasteiger partial charge < -0.3 is 4.90 Å². The van der Waals surface area contributed by atoms with E-state index >= 15 is 0 Å². The standard InChI is InChI=1S/C13H20ClN5/c1-4-19-11(2)12(7-16-19)9-17(3)5-6-18-10-13(14)8-15-18/h7-8,10H,4-6,9H2,1-3H3. The monoisotopic (exact) mass is 281 g/mol. The predicted molar refractivity (Wildman–Crippen MR) is 76.2 cm³/mol. The van der Waals surface area contributed by atoms with Crippen molar-refractivity contribution in [3.8, 4) is 0 Å². The number of hydrogen-bond donors (Lipinski definition) is 0. The van der Waals surface area contributed by atoms with Gasteiger partial charge in [0.15, 0.2) is 0 Å². The molecule has 2 rings (SSSR count). The van der Waals surface area contributed by atoms with E-state index in [4.69, 9.17) is 11.6 Å². The van der Waals surface area contributed by atoms with Gasteiger partial charge in [-0.25, -0.2) is 0 Å². The second-order valence-corrected chi connectivity index (χ2v) is 5.17. The largest absolute Gasteiger partial charge is 0.300 e.